The zero-order valence-corrected chi connectivity index (χ0v) is 10.1. The van der Waals surface area contributed by atoms with Crippen molar-refractivity contribution in [1.82, 2.24) is 5.32 Å². The summed E-state index contributed by atoms with van der Waals surface area (Å²) in [5.41, 5.74) is 0. The Morgan fingerprint density at radius 1 is 1.41 bits per heavy atom. The Hall–Kier alpha value is -0.730. The maximum absolute atomic E-state index is 11.0. The molecule has 1 heterocycles. The second-order valence-electron chi connectivity index (χ2n) is 3.88. The maximum Gasteiger partial charge on any atom is 0.217 e. The molecule has 100 valence electrons. The van der Waals surface area contributed by atoms with Crippen molar-refractivity contribution in [2.24, 2.45) is 0 Å². The first kappa shape index (κ1) is 14.3. The van der Waals surface area contributed by atoms with E-state index in [0.717, 1.165) is 0 Å². The monoisotopic (exact) mass is 249 g/mol. The Balaban J connectivity index is 2.83. The molecule has 0 aromatic heterocycles. The Labute approximate surface area is 99.7 Å². The number of ether oxygens (including phenoxy) is 3. The molecule has 7 heteroatoms. The third-order valence-electron chi connectivity index (χ3n) is 2.73. The number of rotatable bonds is 4. The second kappa shape index (κ2) is 6.27. The maximum atomic E-state index is 11.0. The van der Waals surface area contributed by atoms with Crippen LogP contribution in [0.15, 0.2) is 0 Å². The van der Waals surface area contributed by atoms with Crippen molar-refractivity contribution in [3.05, 3.63) is 0 Å². The van der Waals surface area contributed by atoms with Gasteiger partial charge < -0.3 is 29.7 Å². The number of hydrogen-bond acceptors (Lipinski definition) is 6. The van der Waals surface area contributed by atoms with E-state index in [0.29, 0.717) is 0 Å². The molecule has 0 aromatic carbocycles. The summed E-state index contributed by atoms with van der Waals surface area (Å²) in [4.78, 5) is 11.0. The summed E-state index contributed by atoms with van der Waals surface area (Å²) in [6.07, 6.45) is -3.24. The van der Waals surface area contributed by atoms with Crippen molar-refractivity contribution in [2.75, 3.05) is 20.8 Å². The van der Waals surface area contributed by atoms with E-state index in [1.165, 1.54) is 21.1 Å². The third kappa shape index (κ3) is 3.14. The summed E-state index contributed by atoms with van der Waals surface area (Å²) in [5, 5.41) is 21.7. The smallest absolute Gasteiger partial charge is 0.217 e. The summed E-state index contributed by atoms with van der Waals surface area (Å²) in [6, 6.07) is -0.731. The highest BCUT2D eigenvalue weighted by Gasteiger charge is 2.45. The van der Waals surface area contributed by atoms with Gasteiger partial charge in [-0.25, -0.2) is 0 Å². The van der Waals surface area contributed by atoms with Crippen molar-refractivity contribution >= 4 is 5.91 Å². The van der Waals surface area contributed by atoms with Crippen molar-refractivity contribution in [1.29, 1.82) is 0 Å². The van der Waals surface area contributed by atoms with Gasteiger partial charge in [-0.3, -0.25) is 4.79 Å². The van der Waals surface area contributed by atoms with Gasteiger partial charge in [-0.05, 0) is 0 Å². The Bertz CT molecular complexity index is 261. The highest BCUT2D eigenvalue weighted by molar-refractivity contribution is 5.73. The van der Waals surface area contributed by atoms with Crippen LogP contribution in [-0.2, 0) is 19.0 Å². The fourth-order valence-electron chi connectivity index (χ4n) is 1.95. The molecule has 1 aliphatic rings. The largest absolute Gasteiger partial charge is 0.394 e. The average Bonchev–Trinajstić information content (AvgIpc) is 2.30. The molecule has 0 radical (unpaired) electrons. The minimum atomic E-state index is -1.01. The minimum absolute atomic E-state index is 0.303. The number of nitrogens with one attached hydrogen (secondary N) is 1. The van der Waals surface area contributed by atoms with Crippen molar-refractivity contribution in [3.63, 3.8) is 0 Å². The number of carbonyl (C=O) groups excluding carboxylic acids is 1. The molecular weight excluding hydrogens is 230 g/mol. The molecule has 0 aromatic rings. The fraction of sp³-hybridized carbons (Fsp3) is 0.900. The highest BCUT2D eigenvalue weighted by Crippen LogP contribution is 2.23. The molecule has 1 amide bonds. The number of aliphatic hydroxyl groups is 2. The quantitative estimate of drug-likeness (QED) is 0.545. The van der Waals surface area contributed by atoms with Crippen molar-refractivity contribution in [3.8, 4) is 0 Å². The first-order chi connectivity index (χ1) is 8.04. The van der Waals surface area contributed by atoms with Crippen LogP contribution in [0.3, 0.4) is 0 Å². The number of methoxy groups -OCH3 is 2. The van der Waals surface area contributed by atoms with Gasteiger partial charge in [0, 0.05) is 21.1 Å². The van der Waals surface area contributed by atoms with E-state index in [2.05, 4.69) is 5.32 Å². The van der Waals surface area contributed by atoms with Gasteiger partial charge in [0.15, 0.2) is 6.29 Å². The van der Waals surface area contributed by atoms with Gasteiger partial charge >= 0.3 is 0 Å². The number of hydrogen-bond donors (Lipinski definition) is 3. The zero-order chi connectivity index (χ0) is 13.0. The molecule has 0 saturated carbocycles. The molecule has 1 aliphatic heterocycles. The van der Waals surface area contributed by atoms with E-state index in [1.54, 1.807) is 0 Å². The SMILES string of the molecule is COC1O[C@H](CO)[C@@H](OC)[C@H](O)[C@H]1NC(C)=O. The third-order valence-corrected chi connectivity index (χ3v) is 2.73. The molecule has 1 unspecified atom stereocenters. The van der Waals surface area contributed by atoms with Crippen LogP contribution in [-0.4, -0.2) is 67.6 Å². The molecule has 0 spiro atoms. The van der Waals surface area contributed by atoms with Gasteiger partial charge in [0.1, 0.15) is 24.4 Å². The van der Waals surface area contributed by atoms with Crippen LogP contribution in [0.5, 0.6) is 0 Å². The molecule has 1 rings (SSSR count). The van der Waals surface area contributed by atoms with E-state index in [-0.39, 0.29) is 12.5 Å². The Morgan fingerprint density at radius 2 is 2.06 bits per heavy atom. The van der Waals surface area contributed by atoms with Crippen LogP contribution < -0.4 is 5.32 Å². The van der Waals surface area contributed by atoms with Crippen LogP contribution in [0, 0.1) is 0 Å². The topological polar surface area (TPSA) is 97.2 Å². The molecule has 0 aliphatic carbocycles. The molecule has 1 saturated heterocycles. The number of carbonyl (C=O) groups is 1. The summed E-state index contributed by atoms with van der Waals surface area (Å²) in [7, 11) is 2.80. The van der Waals surface area contributed by atoms with Crippen LogP contribution >= 0.6 is 0 Å². The van der Waals surface area contributed by atoms with Crippen LogP contribution in [0.2, 0.25) is 0 Å². The summed E-state index contributed by atoms with van der Waals surface area (Å²) in [6.45, 7) is 1.03. The summed E-state index contributed by atoms with van der Waals surface area (Å²) < 4.78 is 15.5. The van der Waals surface area contributed by atoms with E-state index < -0.39 is 30.6 Å². The van der Waals surface area contributed by atoms with Crippen LogP contribution in [0.1, 0.15) is 6.92 Å². The van der Waals surface area contributed by atoms with Crippen LogP contribution in [0.25, 0.3) is 0 Å². The molecule has 5 atom stereocenters. The first-order valence-electron chi connectivity index (χ1n) is 5.32. The molecule has 7 nitrogen and oxygen atoms in total. The standard InChI is InChI=1S/C10H19NO6/c1-5(13)11-7-8(14)9(15-2)6(4-12)17-10(7)16-3/h6-10,12,14H,4H2,1-3H3,(H,11,13)/t6-,7-,8-,9-,10?/m1/s1. The van der Waals surface area contributed by atoms with Crippen molar-refractivity contribution in [2.45, 2.75) is 37.6 Å². The molecular formula is C10H19NO6. The lowest BCUT2D eigenvalue weighted by molar-refractivity contribution is -0.267. The lowest BCUT2D eigenvalue weighted by Crippen LogP contribution is -2.64. The van der Waals surface area contributed by atoms with E-state index in [4.69, 9.17) is 19.3 Å². The Kier molecular flexibility index (Phi) is 5.29. The number of aliphatic hydroxyl groups excluding tert-OH is 2. The highest BCUT2D eigenvalue weighted by atomic mass is 16.7. The Morgan fingerprint density at radius 3 is 2.47 bits per heavy atom. The molecule has 3 N–H and O–H groups in total. The van der Waals surface area contributed by atoms with E-state index >= 15 is 0 Å². The van der Waals surface area contributed by atoms with Gasteiger partial charge in [-0.2, -0.15) is 0 Å². The van der Waals surface area contributed by atoms with E-state index in [9.17, 15) is 9.90 Å². The number of amides is 1. The fourth-order valence-corrected chi connectivity index (χ4v) is 1.95. The van der Waals surface area contributed by atoms with Gasteiger partial charge in [-0.15, -0.1) is 0 Å². The normalized spacial score (nSPS) is 37.8. The van der Waals surface area contributed by atoms with Gasteiger partial charge in [0.2, 0.25) is 5.91 Å². The molecule has 1 fully saturated rings. The summed E-state index contributed by atoms with van der Waals surface area (Å²) >= 11 is 0. The predicted molar refractivity (Wildman–Crippen MR) is 57.2 cm³/mol. The first-order valence-corrected chi connectivity index (χ1v) is 5.32. The van der Waals surface area contributed by atoms with Crippen LogP contribution in [0.4, 0.5) is 0 Å². The average molecular weight is 249 g/mol. The lowest BCUT2D eigenvalue weighted by atomic mass is 9.96. The summed E-state index contributed by atoms with van der Waals surface area (Å²) in [5.74, 6) is -0.308. The van der Waals surface area contributed by atoms with E-state index in [1.807, 2.05) is 0 Å². The molecule has 17 heavy (non-hydrogen) atoms. The van der Waals surface area contributed by atoms with Crippen molar-refractivity contribution < 1.29 is 29.2 Å². The molecule has 0 bridgehead atoms. The lowest BCUT2D eigenvalue weighted by Gasteiger charge is -2.43. The van der Waals surface area contributed by atoms with Gasteiger partial charge in [-0.1, -0.05) is 0 Å². The minimum Gasteiger partial charge on any atom is -0.394 e. The second-order valence-corrected chi connectivity index (χ2v) is 3.88. The zero-order valence-electron chi connectivity index (χ0n) is 10.1. The van der Waals surface area contributed by atoms with Gasteiger partial charge in [0.25, 0.3) is 0 Å². The predicted octanol–water partition coefficient (Wildman–Crippen LogP) is -1.77. The van der Waals surface area contributed by atoms with Gasteiger partial charge in [0.05, 0.1) is 6.61 Å².